The molecule has 0 unspecified atom stereocenters. The second-order valence-corrected chi connectivity index (χ2v) is 4.72. The van der Waals surface area contributed by atoms with E-state index < -0.39 is 23.1 Å². The summed E-state index contributed by atoms with van der Waals surface area (Å²) in [5.41, 5.74) is -0.563. The van der Waals surface area contributed by atoms with E-state index in [-0.39, 0.29) is 12.2 Å². The molecule has 0 aliphatic heterocycles. The van der Waals surface area contributed by atoms with Crippen LogP contribution in [0.15, 0.2) is 31.8 Å². The number of carbonyl (C=O) groups excluding carboxylic acids is 1. The monoisotopic (exact) mass is 292 g/mol. The number of ether oxygens (including phenoxy) is 1. The van der Waals surface area contributed by atoms with Gasteiger partial charge < -0.3 is 18.7 Å². The number of methoxy groups -OCH3 is 1. The number of hydrogen-bond acceptors (Lipinski definition) is 6. The van der Waals surface area contributed by atoms with Crippen molar-refractivity contribution in [1.82, 2.24) is 0 Å². The first-order valence-corrected chi connectivity index (χ1v) is 6.39. The minimum Gasteiger partial charge on any atom is -0.502 e. The minimum atomic E-state index is -0.723. The Hall–Kier alpha value is -2.50. The van der Waals surface area contributed by atoms with Gasteiger partial charge in [0.05, 0.1) is 19.4 Å². The zero-order valence-corrected chi connectivity index (χ0v) is 12.0. The fraction of sp³-hybridized carbons (Fsp3) is 0.333. The SMILES string of the molecule is COC(=O)C[C@@H](c1ccc(C)o1)c1oc(C)cc(=O)c1O. The highest BCUT2D eigenvalue weighted by atomic mass is 16.5. The Kier molecular flexibility index (Phi) is 4.16. The van der Waals surface area contributed by atoms with Crippen molar-refractivity contribution in [2.45, 2.75) is 26.2 Å². The van der Waals surface area contributed by atoms with Crippen molar-refractivity contribution in [3.05, 3.63) is 51.5 Å². The topological polar surface area (TPSA) is 89.9 Å². The van der Waals surface area contributed by atoms with E-state index in [0.29, 0.717) is 17.3 Å². The summed E-state index contributed by atoms with van der Waals surface area (Å²) in [5, 5.41) is 9.95. The number of furan rings is 1. The van der Waals surface area contributed by atoms with Crippen molar-refractivity contribution in [3.8, 4) is 5.75 Å². The molecule has 0 spiro atoms. The molecule has 0 aromatic carbocycles. The molecule has 0 radical (unpaired) electrons. The Labute approximate surface area is 121 Å². The molecule has 0 saturated carbocycles. The second-order valence-electron chi connectivity index (χ2n) is 4.72. The second kappa shape index (κ2) is 5.87. The van der Waals surface area contributed by atoms with Gasteiger partial charge in [-0.25, -0.2) is 0 Å². The van der Waals surface area contributed by atoms with E-state index in [4.69, 9.17) is 8.83 Å². The minimum absolute atomic E-state index is 0.000231. The molecule has 0 aliphatic carbocycles. The molecule has 1 N–H and O–H groups in total. The van der Waals surface area contributed by atoms with E-state index in [2.05, 4.69) is 4.74 Å². The Morgan fingerprint density at radius 2 is 2.00 bits per heavy atom. The van der Waals surface area contributed by atoms with Crippen LogP contribution in [0, 0.1) is 13.8 Å². The van der Waals surface area contributed by atoms with Crippen molar-refractivity contribution in [2.24, 2.45) is 0 Å². The molecule has 0 saturated heterocycles. The number of hydrogen-bond donors (Lipinski definition) is 1. The van der Waals surface area contributed by atoms with E-state index in [0.717, 1.165) is 0 Å². The summed E-state index contributed by atoms with van der Waals surface area (Å²) in [7, 11) is 1.26. The first kappa shape index (κ1) is 14.9. The first-order valence-electron chi connectivity index (χ1n) is 6.39. The van der Waals surface area contributed by atoms with Crippen LogP contribution in [0.25, 0.3) is 0 Å². The Balaban J connectivity index is 2.54. The first-order chi connectivity index (χ1) is 9.92. The number of rotatable bonds is 4. The lowest BCUT2D eigenvalue weighted by Gasteiger charge is -2.14. The average Bonchev–Trinajstić information content (AvgIpc) is 2.86. The molecule has 2 aromatic heterocycles. The molecular formula is C15H16O6. The molecule has 112 valence electrons. The van der Waals surface area contributed by atoms with Crippen molar-refractivity contribution in [3.63, 3.8) is 0 Å². The maximum absolute atomic E-state index is 11.7. The van der Waals surface area contributed by atoms with Crippen LogP contribution in [0.1, 0.15) is 35.4 Å². The van der Waals surface area contributed by atoms with E-state index in [1.54, 1.807) is 26.0 Å². The zero-order valence-electron chi connectivity index (χ0n) is 12.0. The molecule has 6 heteroatoms. The average molecular weight is 292 g/mol. The van der Waals surface area contributed by atoms with Gasteiger partial charge in [-0.1, -0.05) is 0 Å². The quantitative estimate of drug-likeness (QED) is 0.869. The van der Waals surface area contributed by atoms with Gasteiger partial charge in [0.1, 0.15) is 17.3 Å². The normalized spacial score (nSPS) is 12.1. The van der Waals surface area contributed by atoms with Crippen LogP contribution in [0.5, 0.6) is 5.75 Å². The fourth-order valence-corrected chi connectivity index (χ4v) is 2.08. The van der Waals surface area contributed by atoms with Crippen LogP contribution in [-0.2, 0) is 9.53 Å². The van der Waals surface area contributed by atoms with Gasteiger partial charge >= 0.3 is 5.97 Å². The van der Waals surface area contributed by atoms with Gasteiger partial charge in [0.25, 0.3) is 0 Å². The van der Waals surface area contributed by atoms with Gasteiger partial charge in [0.2, 0.25) is 11.2 Å². The van der Waals surface area contributed by atoms with Crippen LogP contribution in [-0.4, -0.2) is 18.2 Å². The number of carbonyl (C=O) groups is 1. The smallest absolute Gasteiger partial charge is 0.306 e. The molecule has 6 nitrogen and oxygen atoms in total. The van der Waals surface area contributed by atoms with Crippen molar-refractivity contribution in [2.75, 3.05) is 7.11 Å². The summed E-state index contributed by atoms with van der Waals surface area (Å²) < 4.78 is 15.6. The van der Waals surface area contributed by atoms with Gasteiger partial charge in [-0.15, -0.1) is 0 Å². The Bertz CT molecular complexity index is 709. The van der Waals surface area contributed by atoms with Crippen molar-refractivity contribution in [1.29, 1.82) is 0 Å². The van der Waals surface area contributed by atoms with Crippen LogP contribution in [0.2, 0.25) is 0 Å². The molecule has 0 aliphatic rings. The molecule has 0 fully saturated rings. The molecule has 1 atom stereocenters. The van der Waals surface area contributed by atoms with Gasteiger partial charge in [-0.05, 0) is 26.0 Å². The summed E-state index contributed by atoms with van der Waals surface area (Å²) in [6.07, 6.45) is -0.108. The third-order valence-electron chi connectivity index (χ3n) is 3.09. The van der Waals surface area contributed by atoms with Crippen LogP contribution in [0.4, 0.5) is 0 Å². The summed E-state index contributed by atoms with van der Waals surface area (Å²) in [4.78, 5) is 23.3. The molecule has 21 heavy (non-hydrogen) atoms. The summed E-state index contributed by atoms with van der Waals surface area (Å²) in [5.74, 6) is -0.345. The molecular weight excluding hydrogens is 276 g/mol. The lowest BCUT2D eigenvalue weighted by molar-refractivity contribution is -0.141. The zero-order chi connectivity index (χ0) is 15.6. The predicted octanol–water partition coefficient (Wildman–Crippen LogP) is 2.25. The fourth-order valence-electron chi connectivity index (χ4n) is 2.08. The summed E-state index contributed by atoms with van der Waals surface area (Å²) in [6, 6.07) is 4.58. The maximum Gasteiger partial charge on any atom is 0.306 e. The predicted molar refractivity (Wildman–Crippen MR) is 73.3 cm³/mol. The van der Waals surface area contributed by atoms with Gasteiger partial charge in [0, 0.05) is 6.07 Å². The molecule has 0 amide bonds. The summed E-state index contributed by atoms with van der Waals surface area (Å²) in [6.45, 7) is 3.35. The molecule has 0 bridgehead atoms. The van der Waals surface area contributed by atoms with Gasteiger partial charge in [-0.2, -0.15) is 0 Å². The Morgan fingerprint density at radius 3 is 2.57 bits per heavy atom. The van der Waals surface area contributed by atoms with E-state index in [1.165, 1.54) is 13.2 Å². The maximum atomic E-state index is 11.7. The van der Waals surface area contributed by atoms with Gasteiger partial charge in [0.15, 0.2) is 5.76 Å². The third-order valence-corrected chi connectivity index (χ3v) is 3.09. The standard InChI is InChI=1S/C15H16O6/c1-8-4-5-12(20-8)10(7-13(17)19-3)15-14(18)11(16)6-9(2)21-15/h4-6,10,18H,7H2,1-3H3/t10-/m0/s1. The highest BCUT2D eigenvalue weighted by Gasteiger charge is 2.28. The Morgan fingerprint density at radius 1 is 1.29 bits per heavy atom. The lowest BCUT2D eigenvalue weighted by Crippen LogP contribution is -2.13. The molecule has 2 heterocycles. The lowest BCUT2D eigenvalue weighted by atomic mass is 9.98. The van der Waals surface area contributed by atoms with E-state index >= 15 is 0 Å². The number of aromatic hydroxyl groups is 1. The van der Waals surface area contributed by atoms with Crippen molar-refractivity contribution < 1.29 is 23.5 Å². The van der Waals surface area contributed by atoms with Crippen molar-refractivity contribution >= 4 is 5.97 Å². The van der Waals surface area contributed by atoms with Crippen LogP contribution in [0.3, 0.4) is 0 Å². The largest absolute Gasteiger partial charge is 0.502 e. The van der Waals surface area contributed by atoms with E-state index in [9.17, 15) is 14.7 Å². The summed E-state index contributed by atoms with van der Waals surface area (Å²) >= 11 is 0. The third kappa shape index (κ3) is 3.16. The van der Waals surface area contributed by atoms with Crippen LogP contribution < -0.4 is 5.43 Å². The van der Waals surface area contributed by atoms with E-state index in [1.807, 2.05) is 0 Å². The van der Waals surface area contributed by atoms with Crippen LogP contribution >= 0.6 is 0 Å². The highest BCUT2D eigenvalue weighted by Crippen LogP contribution is 2.34. The molecule has 2 rings (SSSR count). The number of aryl methyl sites for hydroxylation is 2. The number of esters is 1. The molecule has 2 aromatic rings. The van der Waals surface area contributed by atoms with Gasteiger partial charge in [-0.3, -0.25) is 9.59 Å². The highest BCUT2D eigenvalue weighted by molar-refractivity contribution is 5.71.